The number of methoxy groups -OCH3 is 1. The van der Waals surface area contributed by atoms with E-state index in [4.69, 9.17) is 15.9 Å². The number of carbonyl (C=O) groups is 1. The lowest BCUT2D eigenvalue weighted by atomic mass is 10.2. The molecule has 3 heteroatoms. The molecule has 0 saturated carbocycles. The number of hydrogen-bond donors (Lipinski definition) is 0. The quantitative estimate of drug-likeness (QED) is 0.533. The van der Waals surface area contributed by atoms with Crippen LogP contribution in [0.3, 0.4) is 0 Å². The summed E-state index contributed by atoms with van der Waals surface area (Å²) < 4.78 is 10.2. The lowest BCUT2D eigenvalue weighted by Gasteiger charge is -2.06. The van der Waals surface area contributed by atoms with E-state index in [0.717, 1.165) is 6.29 Å². The van der Waals surface area contributed by atoms with Gasteiger partial charge in [0, 0.05) is 6.07 Å². The first-order valence-electron chi connectivity index (χ1n) is 4.01. The van der Waals surface area contributed by atoms with Crippen molar-refractivity contribution in [2.24, 2.45) is 0 Å². The monoisotopic (exact) mass is 190 g/mol. The minimum absolute atomic E-state index is 0.198. The van der Waals surface area contributed by atoms with Crippen LogP contribution in [0.25, 0.3) is 0 Å². The van der Waals surface area contributed by atoms with Gasteiger partial charge in [0.05, 0.1) is 12.7 Å². The molecule has 0 aliphatic carbocycles. The van der Waals surface area contributed by atoms with Crippen LogP contribution in [0.2, 0.25) is 0 Å². The van der Waals surface area contributed by atoms with Crippen molar-refractivity contribution in [2.45, 2.75) is 0 Å². The Morgan fingerprint density at radius 3 is 2.93 bits per heavy atom. The summed E-state index contributed by atoms with van der Waals surface area (Å²) in [7, 11) is 1.49. The van der Waals surface area contributed by atoms with Gasteiger partial charge in [-0.2, -0.15) is 0 Å². The topological polar surface area (TPSA) is 35.5 Å². The maximum Gasteiger partial charge on any atom is 0.153 e. The maximum atomic E-state index is 10.6. The summed E-state index contributed by atoms with van der Waals surface area (Å²) >= 11 is 0. The van der Waals surface area contributed by atoms with Crippen LogP contribution in [0, 0.1) is 12.3 Å². The van der Waals surface area contributed by atoms with Crippen LogP contribution in [0.4, 0.5) is 0 Å². The van der Waals surface area contributed by atoms with Gasteiger partial charge in [0.25, 0.3) is 0 Å². The first kappa shape index (κ1) is 10.1. The molecule has 0 unspecified atom stereocenters. The fourth-order valence-corrected chi connectivity index (χ4v) is 1.00. The molecule has 0 amide bonds. The molecule has 0 fully saturated rings. The van der Waals surface area contributed by atoms with Gasteiger partial charge in [0.1, 0.15) is 18.1 Å². The summed E-state index contributed by atoms with van der Waals surface area (Å²) in [6.45, 7) is 0.198. The molecular weight excluding hydrogens is 180 g/mol. The SMILES string of the molecule is C#CCOc1ccc(C=O)c(OC)c1. The van der Waals surface area contributed by atoms with E-state index in [1.165, 1.54) is 7.11 Å². The lowest BCUT2D eigenvalue weighted by molar-refractivity contribution is 0.112. The third kappa shape index (κ3) is 2.27. The summed E-state index contributed by atoms with van der Waals surface area (Å²) in [4.78, 5) is 10.6. The molecule has 14 heavy (non-hydrogen) atoms. The van der Waals surface area contributed by atoms with E-state index in [9.17, 15) is 4.79 Å². The number of terminal acetylenes is 1. The fraction of sp³-hybridized carbons (Fsp3) is 0.182. The number of rotatable bonds is 4. The first-order chi connectivity index (χ1) is 6.81. The van der Waals surface area contributed by atoms with E-state index in [0.29, 0.717) is 17.1 Å². The summed E-state index contributed by atoms with van der Waals surface area (Å²) in [5.74, 6) is 3.42. The van der Waals surface area contributed by atoms with E-state index in [1.807, 2.05) is 0 Å². The smallest absolute Gasteiger partial charge is 0.153 e. The Bertz CT molecular complexity index is 363. The van der Waals surface area contributed by atoms with Gasteiger partial charge in [-0.1, -0.05) is 5.92 Å². The molecule has 0 aliphatic heterocycles. The molecule has 1 aromatic carbocycles. The average Bonchev–Trinajstić information content (AvgIpc) is 2.25. The van der Waals surface area contributed by atoms with Crippen molar-refractivity contribution in [3.63, 3.8) is 0 Å². The highest BCUT2D eigenvalue weighted by Crippen LogP contribution is 2.23. The molecule has 1 rings (SSSR count). The molecule has 0 aromatic heterocycles. The number of ether oxygens (including phenoxy) is 2. The second-order valence-corrected chi connectivity index (χ2v) is 2.51. The molecule has 72 valence electrons. The van der Waals surface area contributed by atoms with Crippen molar-refractivity contribution in [2.75, 3.05) is 13.7 Å². The van der Waals surface area contributed by atoms with Gasteiger partial charge in [0.15, 0.2) is 6.29 Å². The van der Waals surface area contributed by atoms with Crippen molar-refractivity contribution in [1.29, 1.82) is 0 Å². The Morgan fingerprint density at radius 1 is 1.57 bits per heavy atom. The minimum Gasteiger partial charge on any atom is -0.496 e. The molecule has 0 radical (unpaired) electrons. The number of aldehydes is 1. The van der Waals surface area contributed by atoms with E-state index in [1.54, 1.807) is 18.2 Å². The van der Waals surface area contributed by atoms with Crippen molar-refractivity contribution in [3.8, 4) is 23.8 Å². The average molecular weight is 190 g/mol. The molecular formula is C11H10O3. The third-order valence-electron chi connectivity index (χ3n) is 1.65. The number of hydrogen-bond acceptors (Lipinski definition) is 3. The Hall–Kier alpha value is -1.95. The predicted molar refractivity (Wildman–Crippen MR) is 52.7 cm³/mol. The molecule has 0 bridgehead atoms. The second-order valence-electron chi connectivity index (χ2n) is 2.51. The van der Waals surface area contributed by atoms with Crippen LogP contribution in [0.1, 0.15) is 10.4 Å². The summed E-state index contributed by atoms with van der Waals surface area (Å²) in [5, 5.41) is 0. The third-order valence-corrected chi connectivity index (χ3v) is 1.65. The predicted octanol–water partition coefficient (Wildman–Crippen LogP) is 1.52. The normalized spacial score (nSPS) is 8.86. The number of carbonyl (C=O) groups excluding carboxylic acids is 1. The van der Waals surface area contributed by atoms with Crippen LogP contribution in [0.15, 0.2) is 18.2 Å². The maximum absolute atomic E-state index is 10.6. The Balaban J connectivity index is 2.90. The van der Waals surface area contributed by atoms with Crippen LogP contribution < -0.4 is 9.47 Å². The van der Waals surface area contributed by atoms with Crippen LogP contribution in [-0.4, -0.2) is 20.0 Å². The van der Waals surface area contributed by atoms with Crippen LogP contribution >= 0.6 is 0 Å². The van der Waals surface area contributed by atoms with E-state index in [2.05, 4.69) is 5.92 Å². The van der Waals surface area contributed by atoms with Gasteiger partial charge in [-0.25, -0.2) is 0 Å². The van der Waals surface area contributed by atoms with E-state index >= 15 is 0 Å². The molecule has 0 aliphatic rings. The minimum atomic E-state index is 0.198. The second kappa shape index (κ2) is 4.93. The van der Waals surface area contributed by atoms with Gasteiger partial charge in [-0.15, -0.1) is 6.42 Å². The van der Waals surface area contributed by atoms with Crippen molar-refractivity contribution >= 4 is 6.29 Å². The van der Waals surface area contributed by atoms with Gasteiger partial charge < -0.3 is 9.47 Å². The Kier molecular flexibility index (Phi) is 3.57. The van der Waals surface area contributed by atoms with Crippen molar-refractivity contribution in [3.05, 3.63) is 23.8 Å². The molecule has 0 saturated heterocycles. The van der Waals surface area contributed by atoms with Gasteiger partial charge in [0.2, 0.25) is 0 Å². The summed E-state index contributed by atoms with van der Waals surface area (Å²) in [5.41, 5.74) is 0.487. The molecule has 1 aromatic rings. The van der Waals surface area contributed by atoms with Crippen LogP contribution in [0.5, 0.6) is 11.5 Å². The molecule has 0 atom stereocenters. The molecule has 3 nitrogen and oxygen atoms in total. The summed E-state index contributed by atoms with van der Waals surface area (Å²) in [6, 6.07) is 4.92. The fourth-order valence-electron chi connectivity index (χ4n) is 1.00. The molecule has 0 spiro atoms. The Morgan fingerprint density at radius 2 is 2.36 bits per heavy atom. The van der Waals surface area contributed by atoms with Gasteiger partial charge >= 0.3 is 0 Å². The van der Waals surface area contributed by atoms with Crippen LogP contribution in [-0.2, 0) is 0 Å². The zero-order chi connectivity index (χ0) is 10.4. The summed E-state index contributed by atoms with van der Waals surface area (Å²) in [6.07, 6.45) is 5.77. The highest BCUT2D eigenvalue weighted by atomic mass is 16.5. The standard InChI is InChI=1S/C11H10O3/c1-3-6-14-10-5-4-9(8-12)11(7-10)13-2/h1,4-5,7-8H,6H2,2H3. The lowest BCUT2D eigenvalue weighted by Crippen LogP contribution is -1.96. The highest BCUT2D eigenvalue weighted by Gasteiger charge is 2.03. The molecule has 0 N–H and O–H groups in total. The highest BCUT2D eigenvalue weighted by molar-refractivity contribution is 5.79. The largest absolute Gasteiger partial charge is 0.496 e. The zero-order valence-corrected chi connectivity index (χ0v) is 7.82. The van der Waals surface area contributed by atoms with Gasteiger partial charge in [-0.05, 0) is 12.1 Å². The zero-order valence-electron chi connectivity index (χ0n) is 7.82. The van der Waals surface area contributed by atoms with Crippen molar-refractivity contribution in [1.82, 2.24) is 0 Å². The Labute approximate surface area is 82.6 Å². The van der Waals surface area contributed by atoms with E-state index in [-0.39, 0.29) is 6.61 Å². The number of benzene rings is 1. The first-order valence-corrected chi connectivity index (χ1v) is 4.01. The van der Waals surface area contributed by atoms with Gasteiger partial charge in [-0.3, -0.25) is 4.79 Å². The molecule has 0 heterocycles. The van der Waals surface area contributed by atoms with Crippen molar-refractivity contribution < 1.29 is 14.3 Å². The van der Waals surface area contributed by atoms with E-state index < -0.39 is 0 Å².